The van der Waals surface area contributed by atoms with Crippen molar-refractivity contribution in [3.63, 3.8) is 0 Å². The van der Waals surface area contributed by atoms with Crippen molar-refractivity contribution < 1.29 is 4.79 Å². The number of benzene rings is 2. The lowest BCUT2D eigenvalue weighted by Gasteiger charge is -2.32. The van der Waals surface area contributed by atoms with Crippen LogP contribution in [-0.2, 0) is 6.54 Å². The van der Waals surface area contributed by atoms with E-state index in [0.29, 0.717) is 12.5 Å². The van der Waals surface area contributed by atoms with Crippen LogP contribution in [-0.4, -0.2) is 34.0 Å². The first-order valence-electron chi connectivity index (χ1n) is 9.71. The zero-order valence-electron chi connectivity index (χ0n) is 15.5. The molecule has 6 heteroatoms. The van der Waals surface area contributed by atoms with Gasteiger partial charge in [-0.15, -0.1) is 11.3 Å². The van der Waals surface area contributed by atoms with Crippen LogP contribution < -0.4 is 5.32 Å². The number of carbonyl (C=O) groups is 1. The van der Waals surface area contributed by atoms with Gasteiger partial charge in [-0.2, -0.15) is 0 Å². The quantitative estimate of drug-likeness (QED) is 0.524. The van der Waals surface area contributed by atoms with E-state index in [9.17, 15) is 4.79 Å². The molecule has 142 valence electrons. The number of para-hydroxylation sites is 2. The van der Waals surface area contributed by atoms with Gasteiger partial charge in [0.25, 0.3) is 0 Å². The number of nitrogens with zero attached hydrogens (tertiary/aromatic N) is 2. The Kier molecular flexibility index (Phi) is 4.49. The largest absolute Gasteiger partial charge is 0.361 e. The number of H-pyrrole nitrogens is 1. The number of thiazole rings is 1. The molecule has 4 aromatic rings. The predicted octanol–water partition coefficient (Wildman–Crippen LogP) is 4.87. The Morgan fingerprint density at radius 3 is 2.79 bits per heavy atom. The fraction of sp³-hybridized carbons (Fsp3) is 0.273. The Hall–Kier alpha value is -2.86. The molecule has 0 bridgehead atoms. The molecule has 2 amide bonds. The Morgan fingerprint density at radius 2 is 1.93 bits per heavy atom. The number of amides is 2. The summed E-state index contributed by atoms with van der Waals surface area (Å²) in [4.78, 5) is 22.5. The van der Waals surface area contributed by atoms with Crippen molar-refractivity contribution in [1.82, 2.24) is 20.2 Å². The van der Waals surface area contributed by atoms with Gasteiger partial charge in [0.1, 0.15) is 5.01 Å². The number of fused-ring (bicyclic) bond motifs is 2. The van der Waals surface area contributed by atoms with Crippen molar-refractivity contribution in [2.45, 2.75) is 25.3 Å². The molecule has 0 spiro atoms. The van der Waals surface area contributed by atoms with Crippen LogP contribution in [0.5, 0.6) is 0 Å². The van der Waals surface area contributed by atoms with Crippen molar-refractivity contribution in [2.24, 2.45) is 0 Å². The molecule has 1 aliphatic heterocycles. The summed E-state index contributed by atoms with van der Waals surface area (Å²) in [6, 6.07) is 16.5. The highest BCUT2D eigenvalue weighted by molar-refractivity contribution is 7.18. The summed E-state index contributed by atoms with van der Waals surface area (Å²) in [6.45, 7) is 2.06. The van der Waals surface area contributed by atoms with Crippen molar-refractivity contribution in [3.8, 4) is 0 Å². The lowest BCUT2D eigenvalue weighted by molar-refractivity contribution is 0.181. The fourth-order valence-corrected chi connectivity index (χ4v) is 4.99. The van der Waals surface area contributed by atoms with E-state index in [1.165, 1.54) is 16.5 Å². The van der Waals surface area contributed by atoms with Crippen LogP contribution in [0.4, 0.5) is 4.79 Å². The third kappa shape index (κ3) is 3.24. The molecule has 5 nitrogen and oxygen atoms in total. The molecule has 0 atom stereocenters. The van der Waals surface area contributed by atoms with Crippen molar-refractivity contribution in [1.29, 1.82) is 0 Å². The lowest BCUT2D eigenvalue weighted by Crippen LogP contribution is -2.43. The monoisotopic (exact) mass is 390 g/mol. The van der Waals surface area contributed by atoms with E-state index in [2.05, 4.69) is 51.8 Å². The molecule has 2 aromatic heterocycles. The molecule has 3 heterocycles. The Balaban J connectivity index is 1.19. The highest BCUT2D eigenvalue weighted by Gasteiger charge is 2.25. The average Bonchev–Trinajstić information content (AvgIpc) is 3.36. The molecule has 0 unspecified atom stereocenters. The highest BCUT2D eigenvalue weighted by atomic mass is 32.1. The van der Waals surface area contributed by atoms with Gasteiger partial charge in [-0.25, -0.2) is 9.78 Å². The van der Waals surface area contributed by atoms with E-state index in [1.54, 1.807) is 11.3 Å². The van der Waals surface area contributed by atoms with Gasteiger partial charge in [0, 0.05) is 30.2 Å². The molecule has 1 fully saturated rings. The van der Waals surface area contributed by atoms with E-state index in [1.807, 2.05) is 23.1 Å². The lowest BCUT2D eigenvalue weighted by atomic mass is 9.89. The third-order valence-corrected chi connectivity index (χ3v) is 6.61. The minimum atomic E-state index is 0.0108. The summed E-state index contributed by atoms with van der Waals surface area (Å²) >= 11 is 1.64. The van der Waals surface area contributed by atoms with Gasteiger partial charge in [-0.1, -0.05) is 30.3 Å². The van der Waals surface area contributed by atoms with Gasteiger partial charge >= 0.3 is 6.03 Å². The first kappa shape index (κ1) is 17.3. The van der Waals surface area contributed by atoms with Crippen LogP contribution in [0, 0.1) is 0 Å². The number of urea groups is 1. The molecule has 5 rings (SSSR count). The minimum Gasteiger partial charge on any atom is -0.361 e. The summed E-state index contributed by atoms with van der Waals surface area (Å²) in [5.41, 5.74) is 3.56. The second-order valence-corrected chi connectivity index (χ2v) is 8.40. The number of aromatic nitrogens is 2. The van der Waals surface area contributed by atoms with Crippen molar-refractivity contribution in [2.75, 3.05) is 13.1 Å². The summed E-state index contributed by atoms with van der Waals surface area (Å²) in [5.74, 6) is 0.504. The van der Waals surface area contributed by atoms with Gasteiger partial charge in [0.15, 0.2) is 0 Å². The standard InChI is InChI=1S/C22H22N4OS/c27-22(24-14-21-25-19-7-3-4-8-20(19)28-21)26-11-9-15(10-12-26)17-13-23-18-6-2-1-5-16(17)18/h1-8,13,15,23H,9-12,14H2,(H,24,27). The normalized spacial score (nSPS) is 15.4. The molecule has 1 aliphatic rings. The molecular formula is C22H22N4OS. The zero-order chi connectivity index (χ0) is 18.9. The average molecular weight is 391 g/mol. The number of nitrogens with one attached hydrogen (secondary N) is 2. The zero-order valence-corrected chi connectivity index (χ0v) is 16.3. The van der Waals surface area contributed by atoms with Crippen LogP contribution >= 0.6 is 11.3 Å². The topological polar surface area (TPSA) is 61.0 Å². The molecule has 1 saturated heterocycles. The van der Waals surface area contributed by atoms with Crippen LogP contribution in [0.3, 0.4) is 0 Å². The van der Waals surface area contributed by atoms with Crippen LogP contribution in [0.1, 0.15) is 29.3 Å². The number of aromatic amines is 1. The Morgan fingerprint density at radius 1 is 1.14 bits per heavy atom. The molecule has 28 heavy (non-hydrogen) atoms. The number of hydrogen-bond donors (Lipinski definition) is 2. The second kappa shape index (κ2) is 7.28. The molecule has 2 N–H and O–H groups in total. The summed E-state index contributed by atoms with van der Waals surface area (Å²) in [5, 5.41) is 5.29. The smallest absolute Gasteiger partial charge is 0.317 e. The predicted molar refractivity (Wildman–Crippen MR) is 114 cm³/mol. The van der Waals surface area contributed by atoms with Gasteiger partial charge < -0.3 is 15.2 Å². The molecule has 0 saturated carbocycles. The van der Waals surface area contributed by atoms with Crippen LogP contribution in [0.15, 0.2) is 54.7 Å². The first-order valence-corrected chi connectivity index (χ1v) is 10.5. The Bertz CT molecular complexity index is 1090. The van der Waals surface area contributed by atoms with Gasteiger partial charge in [0.05, 0.1) is 16.8 Å². The molecule has 2 aromatic carbocycles. The highest BCUT2D eigenvalue weighted by Crippen LogP contribution is 2.33. The van der Waals surface area contributed by atoms with Crippen LogP contribution in [0.25, 0.3) is 21.1 Å². The van der Waals surface area contributed by atoms with E-state index >= 15 is 0 Å². The van der Waals surface area contributed by atoms with E-state index in [-0.39, 0.29) is 6.03 Å². The third-order valence-electron chi connectivity index (χ3n) is 5.57. The van der Waals surface area contributed by atoms with Gasteiger partial charge in [-0.3, -0.25) is 0 Å². The minimum absolute atomic E-state index is 0.0108. The molecule has 0 radical (unpaired) electrons. The fourth-order valence-electron chi connectivity index (χ4n) is 4.08. The number of likely N-dealkylation sites (tertiary alicyclic amines) is 1. The number of piperidine rings is 1. The SMILES string of the molecule is O=C(NCc1nc2ccccc2s1)N1CCC(c2c[nH]c3ccccc23)CC1. The number of hydrogen-bond acceptors (Lipinski definition) is 3. The van der Waals surface area contributed by atoms with E-state index in [0.717, 1.165) is 41.2 Å². The van der Waals surface area contributed by atoms with Gasteiger partial charge in [-0.05, 0) is 42.5 Å². The number of rotatable bonds is 3. The summed E-state index contributed by atoms with van der Waals surface area (Å²) in [7, 11) is 0. The summed E-state index contributed by atoms with van der Waals surface area (Å²) in [6.07, 6.45) is 4.13. The van der Waals surface area contributed by atoms with Crippen molar-refractivity contribution >= 4 is 38.5 Å². The summed E-state index contributed by atoms with van der Waals surface area (Å²) < 4.78 is 1.16. The van der Waals surface area contributed by atoms with E-state index < -0.39 is 0 Å². The maximum absolute atomic E-state index is 12.6. The van der Waals surface area contributed by atoms with Gasteiger partial charge in [0.2, 0.25) is 0 Å². The van der Waals surface area contributed by atoms with Crippen LogP contribution in [0.2, 0.25) is 0 Å². The second-order valence-electron chi connectivity index (χ2n) is 7.28. The van der Waals surface area contributed by atoms with E-state index in [4.69, 9.17) is 0 Å². The van der Waals surface area contributed by atoms with Crippen molar-refractivity contribution in [3.05, 3.63) is 65.3 Å². The molecule has 0 aliphatic carbocycles. The maximum Gasteiger partial charge on any atom is 0.317 e. The maximum atomic E-state index is 12.6. The molecular weight excluding hydrogens is 368 g/mol. The first-order chi connectivity index (χ1) is 13.8. The number of carbonyl (C=O) groups excluding carboxylic acids is 1. The Labute approximate surface area is 167 Å².